The van der Waals surface area contributed by atoms with Crippen LogP contribution in [-0.2, 0) is 0 Å². The Labute approximate surface area is 123 Å². The number of rotatable bonds is 1. The number of hydrogen-bond acceptors (Lipinski definition) is 4. The molecule has 0 amide bonds. The van der Waals surface area contributed by atoms with Gasteiger partial charge in [-0.15, -0.1) is 0 Å². The van der Waals surface area contributed by atoms with Crippen molar-refractivity contribution in [1.29, 1.82) is 0 Å². The Kier molecular flexibility index (Phi) is 2.50. The molecule has 0 unspecified atom stereocenters. The predicted molar refractivity (Wildman–Crippen MR) is 81.3 cm³/mol. The van der Waals surface area contributed by atoms with Crippen molar-refractivity contribution in [2.24, 2.45) is 0 Å². The second-order valence-corrected chi connectivity index (χ2v) is 5.08. The zero-order chi connectivity index (χ0) is 14.6. The fourth-order valence-electron chi connectivity index (χ4n) is 2.54. The highest BCUT2D eigenvalue weighted by Crippen LogP contribution is 2.37. The van der Waals surface area contributed by atoms with E-state index in [-0.39, 0.29) is 0 Å². The zero-order valence-corrected chi connectivity index (χ0v) is 11.7. The molecule has 2 heterocycles. The van der Waals surface area contributed by atoms with Crippen LogP contribution in [0.2, 0.25) is 5.02 Å². The molecule has 5 heteroatoms. The van der Waals surface area contributed by atoms with Crippen LogP contribution in [0.3, 0.4) is 0 Å². The largest absolute Gasteiger partial charge is 0.497 e. The van der Waals surface area contributed by atoms with Crippen LogP contribution in [0.5, 0.6) is 5.75 Å². The number of fused-ring (bicyclic) bond motifs is 5. The summed E-state index contributed by atoms with van der Waals surface area (Å²) in [5, 5.41) is 2.10. The standard InChI is InChI=1S/C16H9ClO4/c1-19-8-6-10-13-15(21-14(10)11(17)7-8)9-4-2-3-5-12(9)20-16(13)18/h2-7H,1H3. The van der Waals surface area contributed by atoms with Crippen LogP contribution in [-0.4, -0.2) is 7.11 Å². The Bertz CT molecular complexity index is 1060. The summed E-state index contributed by atoms with van der Waals surface area (Å²) in [5.41, 5.74) is 0.965. The summed E-state index contributed by atoms with van der Waals surface area (Å²) in [4.78, 5) is 12.3. The lowest BCUT2D eigenvalue weighted by atomic mass is 10.1. The van der Waals surface area contributed by atoms with Crippen molar-refractivity contribution in [1.82, 2.24) is 0 Å². The third kappa shape index (κ3) is 1.66. The number of ether oxygens (including phenoxy) is 1. The van der Waals surface area contributed by atoms with E-state index in [1.54, 1.807) is 24.3 Å². The summed E-state index contributed by atoms with van der Waals surface area (Å²) in [6.45, 7) is 0. The number of methoxy groups -OCH3 is 1. The highest BCUT2D eigenvalue weighted by Gasteiger charge is 2.18. The molecule has 104 valence electrons. The van der Waals surface area contributed by atoms with Crippen LogP contribution in [0.4, 0.5) is 0 Å². The summed E-state index contributed by atoms with van der Waals surface area (Å²) in [6, 6.07) is 10.6. The zero-order valence-electron chi connectivity index (χ0n) is 11.0. The van der Waals surface area contributed by atoms with E-state index in [9.17, 15) is 4.79 Å². The third-order valence-electron chi connectivity index (χ3n) is 3.49. The number of benzene rings is 2. The second kappa shape index (κ2) is 4.27. The molecule has 2 aromatic carbocycles. The van der Waals surface area contributed by atoms with Gasteiger partial charge in [-0.1, -0.05) is 23.7 Å². The van der Waals surface area contributed by atoms with Crippen LogP contribution in [0.15, 0.2) is 50.0 Å². The van der Waals surface area contributed by atoms with Gasteiger partial charge in [0.2, 0.25) is 0 Å². The summed E-state index contributed by atoms with van der Waals surface area (Å²) in [6.07, 6.45) is 0. The van der Waals surface area contributed by atoms with E-state index < -0.39 is 5.63 Å². The fraction of sp³-hybridized carbons (Fsp3) is 0.0625. The molecule has 4 nitrogen and oxygen atoms in total. The minimum Gasteiger partial charge on any atom is -0.497 e. The minimum absolute atomic E-state index is 0.379. The molecule has 0 saturated carbocycles. The third-order valence-corrected chi connectivity index (χ3v) is 3.77. The Balaban J connectivity index is 2.32. The lowest BCUT2D eigenvalue weighted by molar-refractivity contribution is 0.415. The van der Waals surface area contributed by atoms with E-state index in [4.69, 9.17) is 25.2 Å². The molecular formula is C16H9ClO4. The van der Waals surface area contributed by atoms with Gasteiger partial charge in [0.05, 0.1) is 17.5 Å². The molecule has 0 aliphatic rings. The topological polar surface area (TPSA) is 52.6 Å². The number of para-hydroxylation sites is 1. The Morgan fingerprint density at radius 2 is 1.86 bits per heavy atom. The van der Waals surface area contributed by atoms with Gasteiger partial charge >= 0.3 is 5.63 Å². The van der Waals surface area contributed by atoms with Gasteiger partial charge in [-0.2, -0.15) is 0 Å². The van der Waals surface area contributed by atoms with Gasteiger partial charge in [-0.25, -0.2) is 4.79 Å². The van der Waals surface area contributed by atoms with Crippen molar-refractivity contribution in [3.05, 3.63) is 51.8 Å². The summed E-state index contributed by atoms with van der Waals surface area (Å²) < 4.78 is 16.4. The minimum atomic E-state index is -0.452. The van der Waals surface area contributed by atoms with E-state index >= 15 is 0 Å². The molecule has 0 saturated heterocycles. The monoisotopic (exact) mass is 300 g/mol. The molecule has 0 spiro atoms. The Morgan fingerprint density at radius 3 is 2.67 bits per heavy atom. The smallest absolute Gasteiger partial charge is 0.348 e. The number of hydrogen-bond donors (Lipinski definition) is 0. The average molecular weight is 301 g/mol. The quantitative estimate of drug-likeness (QED) is 0.490. The molecular weight excluding hydrogens is 292 g/mol. The van der Waals surface area contributed by atoms with Crippen molar-refractivity contribution in [2.75, 3.05) is 7.11 Å². The second-order valence-electron chi connectivity index (χ2n) is 4.68. The maximum Gasteiger partial charge on any atom is 0.348 e. The maximum atomic E-state index is 12.3. The fourth-order valence-corrected chi connectivity index (χ4v) is 2.79. The van der Waals surface area contributed by atoms with Gasteiger partial charge in [-0.05, 0) is 18.2 Å². The first-order chi connectivity index (χ1) is 10.2. The maximum absolute atomic E-state index is 12.3. The molecule has 0 radical (unpaired) electrons. The van der Waals surface area contributed by atoms with E-state index in [0.29, 0.717) is 38.3 Å². The SMILES string of the molecule is COc1cc(Cl)c2oc3c4ccccc4oc(=O)c3c2c1. The van der Waals surface area contributed by atoms with Gasteiger partial charge in [0.25, 0.3) is 0 Å². The number of halogens is 1. The van der Waals surface area contributed by atoms with E-state index in [2.05, 4.69) is 0 Å². The molecule has 21 heavy (non-hydrogen) atoms. The Morgan fingerprint density at radius 1 is 1.05 bits per heavy atom. The van der Waals surface area contributed by atoms with Crippen LogP contribution >= 0.6 is 11.6 Å². The van der Waals surface area contributed by atoms with Crippen molar-refractivity contribution in [3.8, 4) is 5.75 Å². The van der Waals surface area contributed by atoms with Gasteiger partial charge in [-0.3, -0.25) is 0 Å². The van der Waals surface area contributed by atoms with Gasteiger partial charge in [0, 0.05) is 11.5 Å². The van der Waals surface area contributed by atoms with Gasteiger partial charge in [0.1, 0.15) is 16.7 Å². The van der Waals surface area contributed by atoms with E-state index in [0.717, 1.165) is 5.39 Å². The molecule has 4 aromatic rings. The number of furan rings is 1. The average Bonchev–Trinajstić information content (AvgIpc) is 2.88. The molecule has 0 bridgehead atoms. The Hall–Kier alpha value is -2.46. The van der Waals surface area contributed by atoms with Gasteiger partial charge < -0.3 is 13.6 Å². The lowest BCUT2D eigenvalue weighted by Crippen LogP contribution is -1.98. The summed E-state index contributed by atoms with van der Waals surface area (Å²) in [7, 11) is 1.54. The van der Waals surface area contributed by atoms with Crippen LogP contribution in [0.1, 0.15) is 0 Å². The van der Waals surface area contributed by atoms with Crippen molar-refractivity contribution in [2.45, 2.75) is 0 Å². The highest BCUT2D eigenvalue weighted by molar-refractivity contribution is 6.36. The molecule has 2 aromatic heterocycles. The van der Waals surface area contributed by atoms with E-state index in [1.165, 1.54) is 7.11 Å². The molecule has 0 fully saturated rings. The predicted octanol–water partition coefficient (Wildman–Crippen LogP) is 4.35. The first-order valence-electron chi connectivity index (χ1n) is 6.30. The molecule has 0 N–H and O–H groups in total. The first kappa shape index (κ1) is 12.3. The molecule has 0 aliphatic heterocycles. The van der Waals surface area contributed by atoms with Crippen molar-refractivity contribution in [3.63, 3.8) is 0 Å². The molecule has 4 rings (SSSR count). The van der Waals surface area contributed by atoms with E-state index in [1.807, 2.05) is 12.1 Å². The van der Waals surface area contributed by atoms with Crippen LogP contribution in [0, 0.1) is 0 Å². The lowest BCUT2D eigenvalue weighted by Gasteiger charge is -1.99. The normalized spacial score (nSPS) is 11.5. The summed E-state index contributed by atoms with van der Waals surface area (Å²) >= 11 is 6.21. The molecule has 0 atom stereocenters. The first-order valence-corrected chi connectivity index (χ1v) is 6.68. The van der Waals surface area contributed by atoms with Crippen molar-refractivity contribution >= 4 is 44.5 Å². The van der Waals surface area contributed by atoms with Crippen molar-refractivity contribution < 1.29 is 13.6 Å². The molecule has 0 aliphatic carbocycles. The van der Waals surface area contributed by atoms with Crippen LogP contribution < -0.4 is 10.4 Å². The van der Waals surface area contributed by atoms with Crippen LogP contribution in [0.25, 0.3) is 32.9 Å². The highest BCUT2D eigenvalue weighted by atomic mass is 35.5. The van der Waals surface area contributed by atoms with Gasteiger partial charge in [0.15, 0.2) is 11.2 Å². The summed E-state index contributed by atoms with van der Waals surface area (Å²) in [5.74, 6) is 0.558.